The summed E-state index contributed by atoms with van der Waals surface area (Å²) in [6.45, 7) is 4.86. The van der Waals surface area contributed by atoms with Gasteiger partial charge in [0.2, 0.25) is 5.91 Å². The van der Waals surface area contributed by atoms with E-state index in [1.54, 1.807) is 6.08 Å². The lowest BCUT2D eigenvalue weighted by molar-refractivity contribution is -0.143. The van der Waals surface area contributed by atoms with Gasteiger partial charge in [-0.3, -0.25) is 9.59 Å². The molecule has 0 aliphatic carbocycles. The summed E-state index contributed by atoms with van der Waals surface area (Å²) in [5.74, 6) is -0.118. The Morgan fingerprint density at radius 1 is 0.397 bits per heavy atom. The highest BCUT2D eigenvalue weighted by atomic mass is 16.5. The molecular weight excluding hydrogens is 839 g/mol. The van der Waals surface area contributed by atoms with Gasteiger partial charge in [0.05, 0.1) is 25.4 Å². The van der Waals surface area contributed by atoms with Crippen molar-refractivity contribution in [3.8, 4) is 0 Å². The standard InChI is InChI=1S/C62H117NO5/c1-3-5-7-9-11-13-15-17-19-20-21-22-23-24-25-26-27-28-30-34-38-42-46-50-54-60(65)59(58-64)63-61(66)55-51-47-43-39-35-31-29-33-37-41-45-49-53-57-68-62(67)56-52-48-44-40-36-32-18-16-14-12-10-8-6-4-2/h16,18,31,35,50,54,59-60,64-65H,3-15,17,19-30,32-34,36-49,51-53,55-58H2,1-2H3,(H,63,66)/b18-16-,35-31-,54-50+. The van der Waals surface area contributed by atoms with Crippen LogP contribution in [0.2, 0.25) is 0 Å². The number of carbonyl (C=O) groups is 2. The number of ether oxygens (including phenoxy) is 1. The lowest BCUT2D eigenvalue weighted by Gasteiger charge is -2.19. The van der Waals surface area contributed by atoms with Gasteiger partial charge in [0.1, 0.15) is 0 Å². The number of esters is 1. The van der Waals surface area contributed by atoms with Gasteiger partial charge in [-0.15, -0.1) is 0 Å². The SMILES string of the molecule is CCCCCCC/C=C\CCCCCCCC(=O)OCCCCCCCC/C=C\CCCCCC(=O)NC(CO)C(O)/C=C/CCCCCCCCCCCCCCCCCCCCCCCC. The first-order valence-corrected chi connectivity index (χ1v) is 30.3. The Balaban J connectivity index is 3.52. The zero-order valence-electron chi connectivity index (χ0n) is 45.6. The second kappa shape index (κ2) is 57.7. The second-order valence-corrected chi connectivity index (χ2v) is 20.7. The van der Waals surface area contributed by atoms with E-state index >= 15 is 0 Å². The van der Waals surface area contributed by atoms with Crippen LogP contribution in [-0.4, -0.2) is 47.4 Å². The van der Waals surface area contributed by atoms with Crippen molar-refractivity contribution in [2.24, 2.45) is 0 Å². The van der Waals surface area contributed by atoms with Crippen LogP contribution >= 0.6 is 0 Å². The summed E-state index contributed by atoms with van der Waals surface area (Å²) in [6.07, 6.45) is 71.8. The van der Waals surface area contributed by atoms with Crippen molar-refractivity contribution in [1.82, 2.24) is 5.32 Å². The van der Waals surface area contributed by atoms with Crippen molar-refractivity contribution in [2.45, 2.75) is 334 Å². The Labute approximate surface area is 424 Å². The molecule has 0 saturated heterocycles. The smallest absolute Gasteiger partial charge is 0.305 e. The van der Waals surface area contributed by atoms with Crippen LogP contribution in [0, 0.1) is 0 Å². The fraction of sp³-hybridized carbons (Fsp3) is 0.871. The number of amides is 1. The normalized spacial score (nSPS) is 12.8. The van der Waals surface area contributed by atoms with Gasteiger partial charge in [0.25, 0.3) is 0 Å². The van der Waals surface area contributed by atoms with E-state index in [9.17, 15) is 19.8 Å². The molecule has 0 aliphatic heterocycles. The number of aliphatic hydroxyl groups excluding tert-OH is 2. The van der Waals surface area contributed by atoms with Gasteiger partial charge in [0.15, 0.2) is 0 Å². The van der Waals surface area contributed by atoms with E-state index in [0.717, 1.165) is 70.6 Å². The lowest BCUT2D eigenvalue weighted by Crippen LogP contribution is -2.45. The van der Waals surface area contributed by atoms with E-state index in [1.165, 1.54) is 225 Å². The van der Waals surface area contributed by atoms with Crippen LogP contribution < -0.4 is 5.32 Å². The van der Waals surface area contributed by atoms with Crippen LogP contribution in [0.4, 0.5) is 0 Å². The number of carbonyl (C=O) groups excluding carboxylic acids is 2. The molecule has 0 radical (unpaired) electrons. The van der Waals surface area contributed by atoms with Crippen molar-refractivity contribution in [3.63, 3.8) is 0 Å². The molecule has 0 aliphatic rings. The fourth-order valence-electron chi connectivity index (χ4n) is 9.21. The van der Waals surface area contributed by atoms with Gasteiger partial charge in [-0.1, -0.05) is 262 Å². The number of aliphatic hydroxyl groups is 2. The van der Waals surface area contributed by atoms with Crippen LogP contribution in [0.5, 0.6) is 0 Å². The number of hydrogen-bond donors (Lipinski definition) is 3. The highest BCUT2D eigenvalue weighted by molar-refractivity contribution is 5.76. The third kappa shape index (κ3) is 53.4. The molecule has 2 atom stereocenters. The number of allylic oxidation sites excluding steroid dienone is 5. The molecule has 68 heavy (non-hydrogen) atoms. The molecule has 400 valence electrons. The van der Waals surface area contributed by atoms with Crippen LogP contribution in [0.1, 0.15) is 322 Å². The molecule has 6 heteroatoms. The van der Waals surface area contributed by atoms with E-state index in [-0.39, 0.29) is 18.5 Å². The summed E-state index contributed by atoms with van der Waals surface area (Å²) in [6, 6.07) is -0.650. The maximum atomic E-state index is 12.5. The predicted molar refractivity (Wildman–Crippen MR) is 296 cm³/mol. The fourth-order valence-corrected chi connectivity index (χ4v) is 9.21. The summed E-state index contributed by atoms with van der Waals surface area (Å²) in [5.41, 5.74) is 0. The summed E-state index contributed by atoms with van der Waals surface area (Å²) in [5, 5.41) is 23.2. The van der Waals surface area contributed by atoms with Crippen LogP contribution in [0.25, 0.3) is 0 Å². The highest BCUT2D eigenvalue weighted by Crippen LogP contribution is 2.17. The third-order valence-corrected chi connectivity index (χ3v) is 13.9. The van der Waals surface area contributed by atoms with Crippen molar-refractivity contribution in [3.05, 3.63) is 36.5 Å². The van der Waals surface area contributed by atoms with Crippen molar-refractivity contribution >= 4 is 11.9 Å². The largest absolute Gasteiger partial charge is 0.466 e. The van der Waals surface area contributed by atoms with Crippen molar-refractivity contribution in [2.75, 3.05) is 13.2 Å². The Kier molecular flexibility index (Phi) is 56.0. The van der Waals surface area contributed by atoms with Crippen LogP contribution in [0.15, 0.2) is 36.5 Å². The first-order valence-electron chi connectivity index (χ1n) is 30.3. The quantitative estimate of drug-likeness (QED) is 0.0321. The number of rotatable bonds is 56. The Bertz CT molecular complexity index is 1100. The van der Waals surface area contributed by atoms with E-state index in [1.807, 2.05) is 6.08 Å². The monoisotopic (exact) mass is 956 g/mol. The Morgan fingerprint density at radius 2 is 0.691 bits per heavy atom. The average molecular weight is 957 g/mol. The molecule has 0 saturated carbocycles. The van der Waals surface area contributed by atoms with Gasteiger partial charge in [-0.05, 0) is 83.5 Å². The van der Waals surface area contributed by atoms with Gasteiger partial charge in [-0.25, -0.2) is 0 Å². The van der Waals surface area contributed by atoms with E-state index in [4.69, 9.17) is 4.74 Å². The van der Waals surface area contributed by atoms with Gasteiger partial charge >= 0.3 is 5.97 Å². The topological polar surface area (TPSA) is 95.9 Å². The summed E-state index contributed by atoms with van der Waals surface area (Å²) in [4.78, 5) is 24.5. The average Bonchev–Trinajstić information content (AvgIpc) is 3.34. The van der Waals surface area contributed by atoms with E-state index < -0.39 is 12.1 Å². The number of hydrogen-bond acceptors (Lipinski definition) is 5. The second-order valence-electron chi connectivity index (χ2n) is 20.7. The van der Waals surface area contributed by atoms with Gasteiger partial charge < -0.3 is 20.3 Å². The Hall–Kier alpha value is -1.92. The molecule has 1 amide bonds. The molecule has 0 rings (SSSR count). The van der Waals surface area contributed by atoms with Crippen molar-refractivity contribution in [1.29, 1.82) is 0 Å². The van der Waals surface area contributed by atoms with Gasteiger partial charge in [-0.2, -0.15) is 0 Å². The first-order chi connectivity index (χ1) is 33.5. The number of nitrogens with one attached hydrogen (secondary N) is 1. The highest BCUT2D eigenvalue weighted by Gasteiger charge is 2.18. The molecule has 0 aromatic heterocycles. The molecule has 0 aromatic rings. The maximum absolute atomic E-state index is 12.5. The lowest BCUT2D eigenvalue weighted by atomic mass is 10.0. The number of unbranched alkanes of at least 4 members (excludes halogenated alkanes) is 41. The molecule has 0 spiro atoms. The molecule has 2 unspecified atom stereocenters. The van der Waals surface area contributed by atoms with Crippen molar-refractivity contribution < 1.29 is 24.5 Å². The maximum Gasteiger partial charge on any atom is 0.305 e. The van der Waals surface area contributed by atoms with E-state index in [2.05, 4.69) is 43.5 Å². The minimum absolute atomic E-state index is 0.0222. The zero-order chi connectivity index (χ0) is 49.3. The molecule has 0 fully saturated rings. The summed E-state index contributed by atoms with van der Waals surface area (Å²) >= 11 is 0. The Morgan fingerprint density at radius 3 is 1.06 bits per heavy atom. The molecule has 6 nitrogen and oxygen atoms in total. The van der Waals surface area contributed by atoms with Crippen LogP contribution in [-0.2, 0) is 14.3 Å². The molecular formula is C62H117NO5. The molecule has 3 N–H and O–H groups in total. The summed E-state index contributed by atoms with van der Waals surface area (Å²) in [7, 11) is 0. The molecule has 0 heterocycles. The van der Waals surface area contributed by atoms with Gasteiger partial charge in [0, 0.05) is 12.8 Å². The zero-order valence-corrected chi connectivity index (χ0v) is 45.6. The first kappa shape index (κ1) is 66.1. The summed E-state index contributed by atoms with van der Waals surface area (Å²) < 4.78 is 5.46. The van der Waals surface area contributed by atoms with E-state index in [0.29, 0.717) is 19.4 Å². The minimum Gasteiger partial charge on any atom is -0.466 e. The molecule has 0 aromatic carbocycles. The predicted octanol–water partition coefficient (Wildman–Crippen LogP) is 18.8. The minimum atomic E-state index is -0.863. The molecule has 0 bridgehead atoms. The van der Waals surface area contributed by atoms with Crippen LogP contribution in [0.3, 0.4) is 0 Å². The third-order valence-electron chi connectivity index (χ3n) is 13.9.